The monoisotopic (exact) mass is 440 g/mol. The number of hydrogen-bond donors (Lipinski definition) is 2. The van der Waals surface area contributed by atoms with Gasteiger partial charge in [0.25, 0.3) is 0 Å². The third-order valence-electron chi connectivity index (χ3n) is 3.45. The molecular formula is C18H21BrN2O4S. The molecule has 0 aliphatic heterocycles. The lowest BCUT2D eigenvalue weighted by Crippen LogP contribution is -2.30. The molecule has 2 aromatic carbocycles. The van der Waals surface area contributed by atoms with Gasteiger partial charge in [0.1, 0.15) is 5.75 Å². The maximum atomic E-state index is 12.2. The highest BCUT2D eigenvalue weighted by Gasteiger charge is 2.14. The van der Waals surface area contributed by atoms with Crippen molar-refractivity contribution >= 4 is 31.9 Å². The quantitative estimate of drug-likeness (QED) is 0.627. The Morgan fingerprint density at radius 3 is 2.65 bits per heavy atom. The Labute approximate surface area is 162 Å². The minimum absolute atomic E-state index is 0.0274. The van der Waals surface area contributed by atoms with Crippen molar-refractivity contribution in [2.75, 3.05) is 13.2 Å². The van der Waals surface area contributed by atoms with E-state index in [2.05, 4.69) is 26.0 Å². The van der Waals surface area contributed by atoms with Gasteiger partial charge in [-0.25, -0.2) is 13.1 Å². The fourth-order valence-corrected chi connectivity index (χ4v) is 3.85. The zero-order valence-electron chi connectivity index (χ0n) is 14.4. The first-order valence-corrected chi connectivity index (χ1v) is 10.4. The summed E-state index contributed by atoms with van der Waals surface area (Å²) in [4.78, 5) is 12.1. The second-order valence-corrected chi connectivity index (χ2v) is 8.14. The van der Waals surface area contributed by atoms with Gasteiger partial charge in [-0.15, -0.1) is 0 Å². The van der Waals surface area contributed by atoms with Crippen molar-refractivity contribution in [3.05, 3.63) is 58.6 Å². The van der Waals surface area contributed by atoms with E-state index in [0.717, 1.165) is 11.3 Å². The first-order chi connectivity index (χ1) is 12.4. The number of sulfonamides is 1. The highest BCUT2D eigenvalue weighted by atomic mass is 79.9. The summed E-state index contributed by atoms with van der Waals surface area (Å²) in [6, 6.07) is 13.9. The summed E-state index contributed by atoms with van der Waals surface area (Å²) < 4.78 is 32.8. The van der Waals surface area contributed by atoms with E-state index >= 15 is 0 Å². The van der Waals surface area contributed by atoms with Crippen LogP contribution in [0.25, 0.3) is 0 Å². The van der Waals surface area contributed by atoms with Crippen LogP contribution in [0.2, 0.25) is 0 Å². The topological polar surface area (TPSA) is 84.5 Å². The first-order valence-electron chi connectivity index (χ1n) is 8.14. The smallest absolute Gasteiger partial charge is 0.240 e. The van der Waals surface area contributed by atoms with Crippen LogP contribution >= 0.6 is 15.9 Å². The van der Waals surface area contributed by atoms with Crippen LogP contribution in [0, 0.1) is 0 Å². The van der Waals surface area contributed by atoms with Gasteiger partial charge >= 0.3 is 0 Å². The summed E-state index contributed by atoms with van der Waals surface area (Å²) in [7, 11) is -3.63. The fourth-order valence-electron chi connectivity index (χ4n) is 2.22. The summed E-state index contributed by atoms with van der Waals surface area (Å²) in [5.74, 6) is 0.518. The Kier molecular flexibility index (Phi) is 7.62. The van der Waals surface area contributed by atoms with Crippen LogP contribution in [0.4, 0.5) is 0 Å². The lowest BCUT2D eigenvalue weighted by Gasteiger charge is -2.09. The van der Waals surface area contributed by atoms with Gasteiger partial charge in [-0.05, 0) is 42.8 Å². The van der Waals surface area contributed by atoms with E-state index in [9.17, 15) is 13.2 Å². The van der Waals surface area contributed by atoms with Gasteiger partial charge < -0.3 is 10.1 Å². The molecule has 0 heterocycles. The van der Waals surface area contributed by atoms with Crippen molar-refractivity contribution in [3.8, 4) is 5.75 Å². The SMILES string of the molecule is CCOc1cccc(CNC(=O)CCNS(=O)(=O)c2cccc(Br)c2)c1. The molecule has 0 spiro atoms. The maximum Gasteiger partial charge on any atom is 0.240 e. The Balaban J connectivity index is 1.79. The molecule has 0 fully saturated rings. The third kappa shape index (κ3) is 6.44. The van der Waals surface area contributed by atoms with Crippen LogP contribution in [0.15, 0.2) is 57.9 Å². The van der Waals surface area contributed by atoms with Crippen LogP contribution in [-0.4, -0.2) is 27.5 Å². The number of carbonyl (C=O) groups is 1. The van der Waals surface area contributed by atoms with Crippen LogP contribution in [0.1, 0.15) is 18.9 Å². The van der Waals surface area contributed by atoms with Crippen molar-refractivity contribution in [1.82, 2.24) is 10.0 Å². The van der Waals surface area contributed by atoms with Crippen molar-refractivity contribution in [2.24, 2.45) is 0 Å². The molecule has 8 heteroatoms. The summed E-state index contributed by atoms with van der Waals surface area (Å²) >= 11 is 3.24. The number of halogens is 1. The number of rotatable bonds is 9. The standard InChI is InChI=1S/C18H21BrN2O4S/c1-2-25-16-7-3-5-14(11-16)13-20-18(22)9-10-21-26(23,24)17-8-4-6-15(19)12-17/h3-8,11-12,21H,2,9-10,13H2,1H3,(H,20,22). The molecule has 1 amide bonds. The van der Waals surface area contributed by atoms with E-state index in [0.29, 0.717) is 17.6 Å². The lowest BCUT2D eigenvalue weighted by atomic mass is 10.2. The predicted octanol–water partition coefficient (Wildman–Crippen LogP) is 2.83. The second kappa shape index (κ2) is 9.70. The summed E-state index contributed by atoms with van der Waals surface area (Å²) in [5.41, 5.74) is 0.916. The molecule has 0 aliphatic carbocycles. The Bertz CT molecular complexity index is 856. The molecule has 0 saturated heterocycles. The summed E-state index contributed by atoms with van der Waals surface area (Å²) in [5, 5.41) is 2.77. The third-order valence-corrected chi connectivity index (χ3v) is 5.40. The van der Waals surface area contributed by atoms with Crippen molar-refractivity contribution in [3.63, 3.8) is 0 Å². The zero-order chi connectivity index (χ0) is 19.0. The second-order valence-electron chi connectivity index (χ2n) is 5.46. The van der Waals surface area contributed by atoms with E-state index in [1.165, 1.54) is 12.1 Å². The molecule has 0 saturated carbocycles. The molecular weight excluding hydrogens is 420 g/mol. The fraction of sp³-hybridized carbons (Fsp3) is 0.278. The Morgan fingerprint density at radius 2 is 1.92 bits per heavy atom. The number of carbonyl (C=O) groups excluding carboxylic acids is 1. The molecule has 6 nitrogen and oxygen atoms in total. The van der Waals surface area contributed by atoms with Gasteiger partial charge in [-0.2, -0.15) is 0 Å². The predicted molar refractivity (Wildman–Crippen MR) is 103 cm³/mol. The van der Waals surface area contributed by atoms with Gasteiger partial charge in [-0.3, -0.25) is 4.79 Å². The number of benzene rings is 2. The van der Waals surface area contributed by atoms with Crippen LogP contribution in [0.5, 0.6) is 5.75 Å². The Morgan fingerprint density at radius 1 is 1.15 bits per heavy atom. The van der Waals surface area contributed by atoms with Gasteiger partial charge in [-0.1, -0.05) is 34.1 Å². The molecule has 0 aromatic heterocycles. The molecule has 0 radical (unpaired) electrons. The van der Waals surface area contributed by atoms with Crippen LogP contribution < -0.4 is 14.8 Å². The molecule has 26 heavy (non-hydrogen) atoms. The minimum atomic E-state index is -3.63. The van der Waals surface area contributed by atoms with Gasteiger partial charge in [0.2, 0.25) is 15.9 Å². The Hall–Kier alpha value is -1.90. The van der Waals surface area contributed by atoms with Crippen molar-refractivity contribution < 1.29 is 17.9 Å². The number of hydrogen-bond acceptors (Lipinski definition) is 4. The van der Waals surface area contributed by atoms with Crippen LogP contribution in [-0.2, 0) is 21.4 Å². The van der Waals surface area contributed by atoms with Crippen molar-refractivity contribution in [2.45, 2.75) is 24.8 Å². The summed E-state index contributed by atoms with van der Waals surface area (Å²) in [6.07, 6.45) is 0.0540. The minimum Gasteiger partial charge on any atom is -0.494 e. The van der Waals surface area contributed by atoms with E-state index in [-0.39, 0.29) is 23.8 Å². The molecule has 0 bridgehead atoms. The average molecular weight is 441 g/mol. The number of ether oxygens (including phenoxy) is 1. The van der Waals surface area contributed by atoms with E-state index in [1.54, 1.807) is 12.1 Å². The first kappa shape index (κ1) is 20.4. The molecule has 2 aromatic rings. The largest absolute Gasteiger partial charge is 0.494 e. The molecule has 0 unspecified atom stereocenters. The molecule has 2 rings (SSSR count). The van der Waals surface area contributed by atoms with E-state index < -0.39 is 10.0 Å². The highest BCUT2D eigenvalue weighted by molar-refractivity contribution is 9.10. The highest BCUT2D eigenvalue weighted by Crippen LogP contribution is 2.16. The van der Waals surface area contributed by atoms with Crippen LogP contribution in [0.3, 0.4) is 0 Å². The molecule has 2 N–H and O–H groups in total. The average Bonchev–Trinajstić information content (AvgIpc) is 2.60. The van der Waals surface area contributed by atoms with Gasteiger partial charge in [0.05, 0.1) is 11.5 Å². The van der Waals surface area contributed by atoms with E-state index in [1.807, 2.05) is 31.2 Å². The normalized spacial score (nSPS) is 11.2. The molecule has 0 atom stereocenters. The summed E-state index contributed by atoms with van der Waals surface area (Å²) in [6.45, 7) is 2.87. The lowest BCUT2D eigenvalue weighted by molar-refractivity contribution is -0.121. The van der Waals surface area contributed by atoms with E-state index in [4.69, 9.17) is 4.74 Å². The molecule has 140 valence electrons. The zero-order valence-corrected chi connectivity index (χ0v) is 16.8. The molecule has 0 aliphatic rings. The van der Waals surface area contributed by atoms with Gasteiger partial charge in [0.15, 0.2) is 0 Å². The number of nitrogens with one attached hydrogen (secondary N) is 2. The van der Waals surface area contributed by atoms with Gasteiger partial charge in [0, 0.05) is 24.0 Å². The number of amides is 1. The maximum absolute atomic E-state index is 12.2. The van der Waals surface area contributed by atoms with Crippen molar-refractivity contribution in [1.29, 1.82) is 0 Å².